The van der Waals surface area contributed by atoms with Gasteiger partial charge in [0, 0.05) is 11.6 Å². The molecule has 22 heavy (non-hydrogen) atoms. The van der Waals surface area contributed by atoms with Gasteiger partial charge in [-0.2, -0.15) is 0 Å². The Balaban J connectivity index is 1.98. The van der Waals surface area contributed by atoms with Crippen LogP contribution in [0, 0.1) is 0 Å². The summed E-state index contributed by atoms with van der Waals surface area (Å²) in [6.07, 6.45) is 1.45. The molecule has 1 heterocycles. The van der Waals surface area contributed by atoms with Gasteiger partial charge in [-0.25, -0.2) is 0 Å². The molecule has 0 bridgehead atoms. The number of aromatic hydroxyl groups is 1. The van der Waals surface area contributed by atoms with Gasteiger partial charge in [-0.3, -0.25) is 4.79 Å². The van der Waals surface area contributed by atoms with Crippen LogP contribution in [0.25, 0.3) is 6.08 Å². The highest BCUT2D eigenvalue weighted by Crippen LogP contribution is 2.34. The van der Waals surface area contributed by atoms with E-state index >= 15 is 0 Å². The van der Waals surface area contributed by atoms with Crippen molar-refractivity contribution in [2.24, 2.45) is 0 Å². The Morgan fingerprint density at radius 1 is 1.18 bits per heavy atom. The molecule has 1 atom stereocenters. The lowest BCUT2D eigenvalue weighted by atomic mass is 9.94. The normalized spacial score (nSPS) is 18.7. The smallest absolute Gasteiger partial charge is 0.196 e. The number of fused-ring (bicyclic) bond motifs is 1. The maximum atomic E-state index is 12.6. The number of hydrogen-bond acceptors (Lipinski definition) is 4. The van der Waals surface area contributed by atoms with Gasteiger partial charge in [0.05, 0.1) is 12.7 Å². The molecule has 4 heteroatoms. The van der Waals surface area contributed by atoms with Crippen LogP contribution in [0.3, 0.4) is 0 Å². The summed E-state index contributed by atoms with van der Waals surface area (Å²) in [6, 6.07) is 12.0. The minimum atomic E-state index is -0.371. The molecule has 0 aliphatic carbocycles. The third kappa shape index (κ3) is 2.55. The predicted octanol–water partition coefficient (Wildman–Crippen LogP) is 3.45. The predicted molar refractivity (Wildman–Crippen MR) is 83.5 cm³/mol. The molecule has 1 N–H and O–H groups in total. The molecule has 0 fully saturated rings. The number of rotatable bonds is 2. The number of ether oxygens (including phenoxy) is 2. The van der Waals surface area contributed by atoms with Crippen LogP contribution in [0.4, 0.5) is 0 Å². The summed E-state index contributed by atoms with van der Waals surface area (Å²) in [4.78, 5) is 12.6. The number of Topliss-reactive ketones (excluding diaryl/α,β-unsaturated/α-hetero) is 1. The molecular weight excluding hydrogens is 280 g/mol. The van der Waals surface area contributed by atoms with Crippen molar-refractivity contribution in [1.29, 1.82) is 0 Å². The van der Waals surface area contributed by atoms with E-state index in [0.29, 0.717) is 16.9 Å². The maximum Gasteiger partial charge on any atom is 0.196 e. The number of phenols is 1. The van der Waals surface area contributed by atoms with E-state index in [1.165, 1.54) is 12.1 Å². The number of ketones is 1. The van der Waals surface area contributed by atoms with E-state index < -0.39 is 0 Å². The number of hydrogen-bond donors (Lipinski definition) is 1. The zero-order valence-electron chi connectivity index (χ0n) is 12.4. The van der Waals surface area contributed by atoms with Crippen molar-refractivity contribution in [1.82, 2.24) is 0 Å². The average Bonchev–Trinajstić information content (AvgIpc) is 2.51. The zero-order chi connectivity index (χ0) is 15.7. The van der Waals surface area contributed by atoms with E-state index in [1.807, 2.05) is 37.3 Å². The zero-order valence-corrected chi connectivity index (χ0v) is 12.4. The molecule has 0 spiro atoms. The van der Waals surface area contributed by atoms with Crippen molar-refractivity contribution in [2.45, 2.75) is 13.0 Å². The standard InChI is InChI=1S/C18H16O4/c1-11-16(9-12-3-6-14(21-2)7-4-12)18(20)15-8-5-13(19)10-17(15)22-11/h3-11,19H,1-2H3/b16-9-. The largest absolute Gasteiger partial charge is 0.508 e. The highest BCUT2D eigenvalue weighted by molar-refractivity contribution is 6.14. The first kappa shape index (κ1) is 14.2. The fourth-order valence-electron chi connectivity index (χ4n) is 2.45. The first-order valence-corrected chi connectivity index (χ1v) is 6.98. The van der Waals surface area contributed by atoms with Gasteiger partial charge in [0.1, 0.15) is 23.4 Å². The van der Waals surface area contributed by atoms with Crippen LogP contribution in [-0.4, -0.2) is 24.1 Å². The highest BCUT2D eigenvalue weighted by Gasteiger charge is 2.29. The van der Waals surface area contributed by atoms with Crippen molar-refractivity contribution in [3.8, 4) is 17.2 Å². The van der Waals surface area contributed by atoms with E-state index in [2.05, 4.69) is 0 Å². The Labute approximate surface area is 128 Å². The van der Waals surface area contributed by atoms with Crippen LogP contribution in [0.2, 0.25) is 0 Å². The lowest BCUT2D eigenvalue weighted by Crippen LogP contribution is -2.27. The molecular formula is C18H16O4. The summed E-state index contributed by atoms with van der Waals surface area (Å²) in [7, 11) is 1.61. The van der Waals surface area contributed by atoms with E-state index in [4.69, 9.17) is 9.47 Å². The van der Waals surface area contributed by atoms with Crippen LogP contribution in [-0.2, 0) is 0 Å². The monoisotopic (exact) mass is 296 g/mol. The van der Waals surface area contributed by atoms with Gasteiger partial charge in [-0.1, -0.05) is 12.1 Å². The molecule has 3 rings (SSSR count). The summed E-state index contributed by atoms with van der Waals surface area (Å²) in [5.74, 6) is 1.19. The first-order chi connectivity index (χ1) is 10.6. The van der Waals surface area contributed by atoms with Crippen molar-refractivity contribution in [3.63, 3.8) is 0 Å². The summed E-state index contributed by atoms with van der Waals surface area (Å²) in [6.45, 7) is 1.82. The fraction of sp³-hybridized carbons (Fsp3) is 0.167. The average molecular weight is 296 g/mol. The van der Waals surface area contributed by atoms with Crippen molar-refractivity contribution < 1.29 is 19.4 Å². The van der Waals surface area contributed by atoms with Crippen LogP contribution in [0.5, 0.6) is 17.2 Å². The molecule has 0 saturated heterocycles. The molecule has 1 aliphatic heterocycles. The molecule has 112 valence electrons. The lowest BCUT2D eigenvalue weighted by molar-refractivity contribution is 0.0972. The summed E-state index contributed by atoms with van der Waals surface area (Å²) >= 11 is 0. The molecule has 2 aromatic rings. The number of carbonyl (C=O) groups is 1. The SMILES string of the molecule is COc1ccc(/C=C2\C(=O)c3ccc(O)cc3OC2C)cc1. The summed E-state index contributed by atoms with van der Waals surface area (Å²) < 4.78 is 10.9. The third-order valence-corrected chi connectivity index (χ3v) is 3.65. The van der Waals surface area contributed by atoms with Gasteiger partial charge in [-0.15, -0.1) is 0 Å². The topological polar surface area (TPSA) is 55.8 Å². The molecule has 2 aromatic carbocycles. The van der Waals surface area contributed by atoms with Crippen LogP contribution < -0.4 is 9.47 Å². The van der Waals surface area contributed by atoms with Gasteiger partial charge >= 0.3 is 0 Å². The number of benzene rings is 2. The van der Waals surface area contributed by atoms with E-state index in [1.54, 1.807) is 13.2 Å². The lowest BCUT2D eigenvalue weighted by Gasteiger charge is -2.25. The Morgan fingerprint density at radius 2 is 1.91 bits per heavy atom. The Kier molecular flexibility index (Phi) is 3.59. The molecule has 1 aliphatic rings. The van der Waals surface area contributed by atoms with Gasteiger partial charge in [0.15, 0.2) is 5.78 Å². The second-order valence-electron chi connectivity index (χ2n) is 5.14. The van der Waals surface area contributed by atoms with Gasteiger partial charge in [0.25, 0.3) is 0 Å². The Hall–Kier alpha value is -2.75. The molecule has 0 radical (unpaired) electrons. The maximum absolute atomic E-state index is 12.6. The number of methoxy groups -OCH3 is 1. The van der Waals surface area contributed by atoms with E-state index in [-0.39, 0.29) is 17.6 Å². The van der Waals surface area contributed by atoms with Crippen molar-refractivity contribution in [3.05, 3.63) is 59.2 Å². The molecule has 4 nitrogen and oxygen atoms in total. The molecule has 0 aromatic heterocycles. The fourth-order valence-corrected chi connectivity index (χ4v) is 2.45. The molecule has 1 unspecified atom stereocenters. The Morgan fingerprint density at radius 3 is 2.59 bits per heavy atom. The van der Waals surface area contributed by atoms with Gasteiger partial charge in [0.2, 0.25) is 0 Å². The minimum Gasteiger partial charge on any atom is -0.508 e. The Bertz CT molecular complexity index is 744. The van der Waals surface area contributed by atoms with Crippen LogP contribution in [0.15, 0.2) is 48.0 Å². The third-order valence-electron chi connectivity index (χ3n) is 3.65. The van der Waals surface area contributed by atoms with Gasteiger partial charge in [-0.05, 0) is 42.8 Å². The second-order valence-corrected chi connectivity index (χ2v) is 5.14. The van der Waals surface area contributed by atoms with Crippen LogP contribution in [0.1, 0.15) is 22.8 Å². The minimum absolute atomic E-state index is 0.0791. The second kappa shape index (κ2) is 5.56. The number of carbonyl (C=O) groups excluding carboxylic acids is 1. The summed E-state index contributed by atoms with van der Waals surface area (Å²) in [5.41, 5.74) is 1.96. The summed E-state index contributed by atoms with van der Waals surface area (Å²) in [5, 5.41) is 9.49. The van der Waals surface area contributed by atoms with E-state index in [0.717, 1.165) is 11.3 Å². The first-order valence-electron chi connectivity index (χ1n) is 6.98. The highest BCUT2D eigenvalue weighted by atomic mass is 16.5. The molecule has 0 saturated carbocycles. The van der Waals surface area contributed by atoms with Crippen molar-refractivity contribution >= 4 is 11.9 Å². The molecule has 0 amide bonds. The van der Waals surface area contributed by atoms with Gasteiger partial charge < -0.3 is 14.6 Å². The van der Waals surface area contributed by atoms with E-state index in [9.17, 15) is 9.90 Å². The number of phenolic OH excluding ortho intramolecular Hbond substituents is 1. The van der Waals surface area contributed by atoms with Crippen molar-refractivity contribution in [2.75, 3.05) is 7.11 Å². The van der Waals surface area contributed by atoms with Crippen LogP contribution >= 0.6 is 0 Å². The quantitative estimate of drug-likeness (QED) is 0.862.